The summed E-state index contributed by atoms with van der Waals surface area (Å²) in [6, 6.07) is 0.509. The van der Waals surface area contributed by atoms with Crippen molar-refractivity contribution < 1.29 is 9.47 Å². The van der Waals surface area contributed by atoms with E-state index in [0.29, 0.717) is 13.2 Å². The number of ether oxygens (including phenoxy) is 2. The second-order valence-electron chi connectivity index (χ2n) is 4.17. The summed E-state index contributed by atoms with van der Waals surface area (Å²) in [5.41, 5.74) is 0. The van der Waals surface area contributed by atoms with Gasteiger partial charge in [-0.2, -0.15) is 0 Å². The summed E-state index contributed by atoms with van der Waals surface area (Å²) in [4.78, 5) is 4.31. The molecule has 0 amide bonds. The standard InChI is InChI=1S/C12H23N3O2/c1-5-17-9-11(3)15-7-6-13-12(15)14-10(2)8-16-4/h6-7,10-11H,5,8-9H2,1-4H3,(H,13,14). The van der Waals surface area contributed by atoms with E-state index in [-0.39, 0.29) is 12.1 Å². The monoisotopic (exact) mass is 241 g/mol. The molecule has 0 spiro atoms. The Kier molecular flexibility index (Phi) is 6.00. The largest absolute Gasteiger partial charge is 0.383 e. The molecule has 0 aliphatic heterocycles. The summed E-state index contributed by atoms with van der Waals surface area (Å²) in [7, 11) is 1.70. The fourth-order valence-electron chi connectivity index (χ4n) is 1.66. The van der Waals surface area contributed by atoms with Crippen LogP contribution in [0.1, 0.15) is 26.8 Å². The zero-order valence-electron chi connectivity index (χ0n) is 11.1. The van der Waals surface area contributed by atoms with Gasteiger partial charge in [-0.25, -0.2) is 4.98 Å². The van der Waals surface area contributed by atoms with Crippen molar-refractivity contribution in [3.05, 3.63) is 12.4 Å². The van der Waals surface area contributed by atoms with Gasteiger partial charge in [0.25, 0.3) is 0 Å². The van der Waals surface area contributed by atoms with Gasteiger partial charge in [-0.3, -0.25) is 0 Å². The van der Waals surface area contributed by atoms with Crippen LogP contribution in [-0.4, -0.2) is 42.5 Å². The van der Waals surface area contributed by atoms with E-state index in [2.05, 4.69) is 28.7 Å². The molecule has 1 N–H and O–H groups in total. The SMILES string of the molecule is CCOCC(C)n1ccnc1NC(C)COC. The summed E-state index contributed by atoms with van der Waals surface area (Å²) in [5, 5.41) is 3.32. The summed E-state index contributed by atoms with van der Waals surface area (Å²) in [5.74, 6) is 0.863. The molecule has 1 aromatic rings. The lowest BCUT2D eigenvalue weighted by Crippen LogP contribution is -2.24. The molecule has 0 aliphatic carbocycles. The smallest absolute Gasteiger partial charge is 0.203 e. The van der Waals surface area contributed by atoms with Gasteiger partial charge < -0.3 is 19.4 Å². The van der Waals surface area contributed by atoms with Crippen molar-refractivity contribution in [3.8, 4) is 0 Å². The van der Waals surface area contributed by atoms with Crippen molar-refractivity contribution >= 4 is 5.95 Å². The molecular formula is C12H23N3O2. The van der Waals surface area contributed by atoms with Gasteiger partial charge in [-0.15, -0.1) is 0 Å². The third-order valence-corrected chi connectivity index (χ3v) is 2.50. The normalized spacial score (nSPS) is 14.6. The zero-order valence-corrected chi connectivity index (χ0v) is 11.1. The Morgan fingerprint density at radius 2 is 2.18 bits per heavy atom. The van der Waals surface area contributed by atoms with Crippen LogP contribution in [0.15, 0.2) is 12.4 Å². The molecule has 2 atom stereocenters. The first-order valence-electron chi connectivity index (χ1n) is 6.05. The van der Waals surface area contributed by atoms with E-state index in [1.807, 2.05) is 13.1 Å². The molecule has 0 aliphatic rings. The van der Waals surface area contributed by atoms with Gasteiger partial charge in [0.2, 0.25) is 5.95 Å². The molecule has 5 nitrogen and oxygen atoms in total. The summed E-state index contributed by atoms with van der Waals surface area (Å²) < 4.78 is 12.6. The number of anilines is 1. The maximum absolute atomic E-state index is 5.43. The minimum absolute atomic E-state index is 0.237. The third kappa shape index (κ3) is 4.36. The Hall–Kier alpha value is -1.07. The first kappa shape index (κ1) is 14.0. The highest BCUT2D eigenvalue weighted by molar-refractivity contribution is 5.28. The predicted octanol–water partition coefficient (Wildman–Crippen LogP) is 1.93. The van der Waals surface area contributed by atoms with Gasteiger partial charge in [0.05, 0.1) is 19.3 Å². The van der Waals surface area contributed by atoms with Crippen LogP contribution in [0, 0.1) is 0 Å². The number of nitrogens with zero attached hydrogens (tertiary/aromatic N) is 2. The zero-order chi connectivity index (χ0) is 12.7. The van der Waals surface area contributed by atoms with Crippen LogP contribution in [0.25, 0.3) is 0 Å². The van der Waals surface area contributed by atoms with Gasteiger partial charge >= 0.3 is 0 Å². The Bertz CT molecular complexity index is 314. The minimum atomic E-state index is 0.237. The summed E-state index contributed by atoms with van der Waals surface area (Å²) in [6.07, 6.45) is 3.76. The maximum Gasteiger partial charge on any atom is 0.203 e. The fraction of sp³-hybridized carbons (Fsp3) is 0.750. The molecule has 2 unspecified atom stereocenters. The van der Waals surface area contributed by atoms with Gasteiger partial charge in [-0.05, 0) is 20.8 Å². The predicted molar refractivity (Wildman–Crippen MR) is 68.4 cm³/mol. The Balaban J connectivity index is 2.58. The number of nitrogens with one attached hydrogen (secondary N) is 1. The lowest BCUT2D eigenvalue weighted by molar-refractivity contribution is 0.119. The molecular weight excluding hydrogens is 218 g/mol. The van der Waals surface area contributed by atoms with Crippen LogP contribution in [0.4, 0.5) is 5.95 Å². The molecule has 1 aromatic heterocycles. The molecule has 0 aromatic carbocycles. The molecule has 5 heteroatoms. The highest BCUT2D eigenvalue weighted by Gasteiger charge is 2.11. The number of methoxy groups -OCH3 is 1. The van der Waals surface area contributed by atoms with E-state index >= 15 is 0 Å². The van der Waals surface area contributed by atoms with Gasteiger partial charge in [-0.1, -0.05) is 0 Å². The number of rotatable bonds is 8. The maximum atomic E-state index is 5.43. The highest BCUT2D eigenvalue weighted by atomic mass is 16.5. The first-order valence-corrected chi connectivity index (χ1v) is 6.05. The van der Waals surface area contributed by atoms with Crippen molar-refractivity contribution in [3.63, 3.8) is 0 Å². The highest BCUT2D eigenvalue weighted by Crippen LogP contribution is 2.14. The number of imidazole rings is 1. The van der Waals surface area contributed by atoms with E-state index in [4.69, 9.17) is 9.47 Å². The molecule has 98 valence electrons. The fourth-order valence-corrected chi connectivity index (χ4v) is 1.66. The Morgan fingerprint density at radius 3 is 2.82 bits per heavy atom. The Labute approximate surface area is 103 Å². The van der Waals surface area contributed by atoms with E-state index in [1.54, 1.807) is 13.3 Å². The van der Waals surface area contributed by atoms with Gasteiger partial charge in [0.15, 0.2) is 0 Å². The molecule has 0 radical (unpaired) electrons. The quantitative estimate of drug-likeness (QED) is 0.755. The van der Waals surface area contributed by atoms with Crippen LogP contribution >= 0.6 is 0 Å². The summed E-state index contributed by atoms with van der Waals surface area (Å²) >= 11 is 0. The van der Waals surface area contributed by atoms with E-state index in [1.165, 1.54) is 0 Å². The van der Waals surface area contributed by atoms with Crippen LogP contribution < -0.4 is 5.32 Å². The molecule has 1 heterocycles. The molecule has 1 rings (SSSR count). The van der Waals surface area contributed by atoms with Crippen molar-refractivity contribution in [2.75, 3.05) is 32.2 Å². The molecule has 0 saturated carbocycles. The molecule has 0 bridgehead atoms. The number of hydrogen-bond donors (Lipinski definition) is 1. The van der Waals surface area contributed by atoms with Crippen LogP contribution in [0.5, 0.6) is 0 Å². The van der Waals surface area contributed by atoms with Crippen molar-refractivity contribution in [1.29, 1.82) is 0 Å². The number of aromatic nitrogens is 2. The average Bonchev–Trinajstić information content (AvgIpc) is 2.74. The average molecular weight is 241 g/mol. The van der Waals surface area contributed by atoms with Gasteiger partial charge in [0, 0.05) is 32.2 Å². The Morgan fingerprint density at radius 1 is 1.41 bits per heavy atom. The van der Waals surface area contributed by atoms with E-state index in [0.717, 1.165) is 12.6 Å². The first-order chi connectivity index (χ1) is 8.19. The molecule has 0 saturated heterocycles. The second-order valence-corrected chi connectivity index (χ2v) is 4.17. The number of hydrogen-bond acceptors (Lipinski definition) is 4. The third-order valence-electron chi connectivity index (χ3n) is 2.50. The van der Waals surface area contributed by atoms with Gasteiger partial charge in [0.1, 0.15) is 0 Å². The van der Waals surface area contributed by atoms with Crippen LogP contribution in [-0.2, 0) is 9.47 Å². The van der Waals surface area contributed by atoms with Crippen molar-refractivity contribution in [1.82, 2.24) is 9.55 Å². The molecule has 0 fully saturated rings. The molecule has 17 heavy (non-hydrogen) atoms. The van der Waals surface area contributed by atoms with Crippen LogP contribution in [0.2, 0.25) is 0 Å². The van der Waals surface area contributed by atoms with E-state index < -0.39 is 0 Å². The topological polar surface area (TPSA) is 48.3 Å². The van der Waals surface area contributed by atoms with Crippen molar-refractivity contribution in [2.24, 2.45) is 0 Å². The minimum Gasteiger partial charge on any atom is -0.383 e. The summed E-state index contributed by atoms with van der Waals surface area (Å²) in [6.45, 7) is 8.27. The van der Waals surface area contributed by atoms with E-state index in [9.17, 15) is 0 Å². The lowest BCUT2D eigenvalue weighted by atomic mass is 10.3. The van der Waals surface area contributed by atoms with Crippen molar-refractivity contribution in [2.45, 2.75) is 32.9 Å². The lowest BCUT2D eigenvalue weighted by Gasteiger charge is -2.19. The second kappa shape index (κ2) is 7.29. The van der Waals surface area contributed by atoms with Crippen LogP contribution in [0.3, 0.4) is 0 Å².